The Morgan fingerprint density at radius 1 is 1.24 bits per heavy atom. The predicted octanol–water partition coefficient (Wildman–Crippen LogP) is 1.72. The lowest BCUT2D eigenvalue weighted by Crippen LogP contribution is -2.12. The van der Waals surface area contributed by atoms with Crippen LogP contribution in [-0.2, 0) is 0 Å². The van der Waals surface area contributed by atoms with Crippen molar-refractivity contribution in [3.63, 3.8) is 0 Å². The number of nitriles is 1. The summed E-state index contributed by atoms with van der Waals surface area (Å²) >= 11 is 0. The van der Waals surface area contributed by atoms with Crippen molar-refractivity contribution >= 4 is 5.91 Å². The maximum Gasteiger partial charge on any atom is 0.249 e. The Morgan fingerprint density at radius 2 is 2.00 bits per heavy atom. The molecule has 0 spiro atoms. The number of benzene rings is 1. The fourth-order valence-electron chi connectivity index (χ4n) is 1.54. The summed E-state index contributed by atoms with van der Waals surface area (Å²) in [5, 5.41) is 8.68. The van der Waals surface area contributed by atoms with Gasteiger partial charge in [-0.1, -0.05) is 18.2 Å². The number of hydrogen-bond donors (Lipinski definition) is 1. The van der Waals surface area contributed by atoms with Crippen molar-refractivity contribution in [2.24, 2.45) is 5.73 Å². The molecule has 1 heterocycles. The van der Waals surface area contributed by atoms with E-state index in [-0.39, 0.29) is 0 Å². The minimum absolute atomic E-state index is 0.421. The normalized spacial score (nSPS) is 9.59. The lowest BCUT2D eigenvalue weighted by molar-refractivity contribution is 0.100. The molecule has 1 amide bonds. The number of nitrogens with zero attached hydrogens (tertiary/aromatic N) is 2. The molecule has 17 heavy (non-hydrogen) atoms. The zero-order valence-electron chi connectivity index (χ0n) is 8.92. The summed E-state index contributed by atoms with van der Waals surface area (Å²) in [4.78, 5) is 15.4. The molecule has 1 aromatic carbocycles. The Morgan fingerprint density at radius 3 is 2.59 bits per heavy atom. The quantitative estimate of drug-likeness (QED) is 0.841. The summed E-state index contributed by atoms with van der Waals surface area (Å²) in [6.45, 7) is 0. The highest BCUT2D eigenvalue weighted by Gasteiger charge is 2.09. The molecule has 0 fully saturated rings. The van der Waals surface area contributed by atoms with Gasteiger partial charge in [0.05, 0.1) is 11.3 Å². The number of carbonyl (C=O) groups excluding carboxylic acids is 1. The van der Waals surface area contributed by atoms with Crippen molar-refractivity contribution in [1.29, 1.82) is 5.26 Å². The second-order valence-electron chi connectivity index (χ2n) is 3.45. The molecule has 1 aromatic heterocycles. The number of carbonyl (C=O) groups is 1. The molecule has 4 nitrogen and oxygen atoms in total. The first-order valence-corrected chi connectivity index (χ1v) is 4.97. The fourth-order valence-corrected chi connectivity index (χ4v) is 1.54. The predicted molar refractivity (Wildman–Crippen MR) is 62.9 cm³/mol. The first-order chi connectivity index (χ1) is 8.22. The third kappa shape index (κ3) is 2.13. The van der Waals surface area contributed by atoms with E-state index >= 15 is 0 Å². The van der Waals surface area contributed by atoms with Gasteiger partial charge in [-0.3, -0.25) is 9.78 Å². The number of hydrogen-bond acceptors (Lipinski definition) is 3. The third-order valence-corrected chi connectivity index (χ3v) is 2.36. The van der Waals surface area contributed by atoms with E-state index in [0.29, 0.717) is 22.4 Å². The Hall–Kier alpha value is -2.67. The van der Waals surface area contributed by atoms with Crippen LogP contribution < -0.4 is 5.73 Å². The summed E-state index contributed by atoms with van der Waals surface area (Å²) in [5.41, 5.74) is 7.48. The molecule has 0 aliphatic carbocycles. The van der Waals surface area contributed by atoms with Crippen molar-refractivity contribution in [3.8, 4) is 17.3 Å². The maximum atomic E-state index is 11.3. The second-order valence-corrected chi connectivity index (χ2v) is 3.45. The lowest BCUT2D eigenvalue weighted by atomic mass is 10.0. The van der Waals surface area contributed by atoms with E-state index in [2.05, 4.69) is 4.98 Å². The van der Waals surface area contributed by atoms with Crippen LogP contribution in [0.15, 0.2) is 42.6 Å². The van der Waals surface area contributed by atoms with Gasteiger partial charge in [0.15, 0.2) is 0 Å². The van der Waals surface area contributed by atoms with Gasteiger partial charge in [0.25, 0.3) is 0 Å². The van der Waals surface area contributed by atoms with Crippen LogP contribution in [0.3, 0.4) is 0 Å². The minimum Gasteiger partial charge on any atom is -0.366 e. The molecular weight excluding hydrogens is 214 g/mol. The molecule has 2 aromatic rings. The number of primary amides is 1. The topological polar surface area (TPSA) is 79.8 Å². The molecule has 0 radical (unpaired) electrons. The Bertz CT molecular complexity index is 597. The zero-order valence-corrected chi connectivity index (χ0v) is 8.92. The van der Waals surface area contributed by atoms with E-state index in [1.54, 1.807) is 30.3 Å². The fraction of sp³-hybridized carbons (Fsp3) is 0. The van der Waals surface area contributed by atoms with Crippen LogP contribution in [0.25, 0.3) is 11.3 Å². The number of pyridine rings is 1. The zero-order chi connectivity index (χ0) is 12.3. The van der Waals surface area contributed by atoms with Gasteiger partial charge in [-0.25, -0.2) is 0 Å². The average Bonchev–Trinajstić information content (AvgIpc) is 2.39. The van der Waals surface area contributed by atoms with Gasteiger partial charge in [0.1, 0.15) is 6.07 Å². The van der Waals surface area contributed by atoms with Gasteiger partial charge in [-0.05, 0) is 18.2 Å². The summed E-state index contributed by atoms with van der Waals surface area (Å²) in [6.07, 6.45) is 1.47. The van der Waals surface area contributed by atoms with Crippen LogP contribution in [0, 0.1) is 11.3 Å². The number of aromatic nitrogens is 1. The molecule has 0 bridgehead atoms. The van der Waals surface area contributed by atoms with E-state index in [1.807, 2.05) is 12.1 Å². The van der Waals surface area contributed by atoms with E-state index in [0.717, 1.165) is 0 Å². The number of rotatable bonds is 2. The standard InChI is InChI=1S/C13H9N3O/c14-7-9-5-6-12(16-8-9)10-3-1-2-4-11(10)13(15)17/h1-6,8H,(H2,15,17). The largest absolute Gasteiger partial charge is 0.366 e. The molecule has 0 aliphatic heterocycles. The molecule has 82 valence electrons. The molecule has 4 heteroatoms. The SMILES string of the molecule is N#Cc1ccc(-c2ccccc2C(N)=O)nc1. The van der Waals surface area contributed by atoms with Crippen molar-refractivity contribution in [2.75, 3.05) is 0 Å². The molecule has 0 unspecified atom stereocenters. The van der Waals surface area contributed by atoms with E-state index in [1.165, 1.54) is 6.20 Å². The molecule has 0 saturated heterocycles. The van der Waals surface area contributed by atoms with Crippen LogP contribution in [0.1, 0.15) is 15.9 Å². The van der Waals surface area contributed by atoms with Crippen molar-refractivity contribution in [1.82, 2.24) is 4.98 Å². The van der Waals surface area contributed by atoms with E-state index < -0.39 is 5.91 Å². The summed E-state index contributed by atoms with van der Waals surface area (Å²) in [6, 6.07) is 12.3. The maximum absolute atomic E-state index is 11.3. The Kier molecular flexibility index (Phi) is 2.84. The number of amides is 1. The second kappa shape index (κ2) is 4.45. The summed E-state index contributed by atoms with van der Waals surface area (Å²) in [7, 11) is 0. The van der Waals surface area contributed by atoms with Gasteiger partial charge < -0.3 is 5.73 Å². The Labute approximate surface area is 98.3 Å². The lowest BCUT2D eigenvalue weighted by Gasteiger charge is -2.05. The van der Waals surface area contributed by atoms with Gasteiger partial charge in [0.2, 0.25) is 5.91 Å². The molecule has 0 saturated carbocycles. The molecular formula is C13H9N3O. The van der Waals surface area contributed by atoms with Gasteiger partial charge >= 0.3 is 0 Å². The van der Waals surface area contributed by atoms with Crippen LogP contribution in [-0.4, -0.2) is 10.9 Å². The van der Waals surface area contributed by atoms with E-state index in [4.69, 9.17) is 11.0 Å². The Balaban J connectivity index is 2.53. The van der Waals surface area contributed by atoms with Gasteiger partial charge in [-0.2, -0.15) is 5.26 Å². The smallest absolute Gasteiger partial charge is 0.249 e. The van der Waals surface area contributed by atoms with Crippen LogP contribution in [0.4, 0.5) is 0 Å². The third-order valence-electron chi connectivity index (χ3n) is 2.36. The van der Waals surface area contributed by atoms with Gasteiger partial charge in [0, 0.05) is 17.3 Å². The summed E-state index contributed by atoms with van der Waals surface area (Å²) < 4.78 is 0. The first kappa shape index (κ1) is 10.8. The minimum atomic E-state index is -0.494. The van der Waals surface area contributed by atoms with Crippen molar-refractivity contribution in [2.45, 2.75) is 0 Å². The molecule has 0 atom stereocenters. The van der Waals surface area contributed by atoms with E-state index in [9.17, 15) is 4.79 Å². The average molecular weight is 223 g/mol. The number of nitrogens with two attached hydrogens (primary N) is 1. The molecule has 2 N–H and O–H groups in total. The van der Waals surface area contributed by atoms with Crippen molar-refractivity contribution < 1.29 is 4.79 Å². The van der Waals surface area contributed by atoms with Crippen LogP contribution in [0.5, 0.6) is 0 Å². The molecule has 2 rings (SSSR count). The highest BCUT2D eigenvalue weighted by atomic mass is 16.1. The first-order valence-electron chi connectivity index (χ1n) is 4.97. The van der Waals surface area contributed by atoms with Crippen molar-refractivity contribution in [3.05, 3.63) is 53.7 Å². The van der Waals surface area contributed by atoms with Crippen LogP contribution >= 0.6 is 0 Å². The highest BCUT2D eigenvalue weighted by molar-refractivity contribution is 5.99. The molecule has 0 aliphatic rings. The highest BCUT2D eigenvalue weighted by Crippen LogP contribution is 2.21. The summed E-state index contributed by atoms with van der Waals surface area (Å²) in [5.74, 6) is -0.494. The van der Waals surface area contributed by atoms with Crippen LogP contribution in [0.2, 0.25) is 0 Å². The monoisotopic (exact) mass is 223 g/mol. The van der Waals surface area contributed by atoms with Gasteiger partial charge in [-0.15, -0.1) is 0 Å².